The summed E-state index contributed by atoms with van der Waals surface area (Å²) >= 11 is 0. The third-order valence-electron chi connectivity index (χ3n) is 3.30. The highest BCUT2D eigenvalue weighted by Gasteiger charge is 2.18. The third kappa shape index (κ3) is 2.53. The molecule has 0 aliphatic carbocycles. The Morgan fingerprint density at radius 3 is 3.06 bits per heavy atom. The maximum Gasteiger partial charge on any atom is 0.129 e. The number of aromatic nitrogens is 1. The molecular weight excluding hydrogens is 200 g/mol. The van der Waals surface area contributed by atoms with Crippen LogP contribution in [0.3, 0.4) is 0 Å². The van der Waals surface area contributed by atoms with Crippen molar-refractivity contribution in [3.63, 3.8) is 0 Å². The van der Waals surface area contributed by atoms with Gasteiger partial charge in [0.1, 0.15) is 5.82 Å². The molecule has 0 aromatic carbocycles. The molecule has 0 saturated carbocycles. The van der Waals surface area contributed by atoms with Crippen LogP contribution in [0.25, 0.3) is 0 Å². The molecule has 1 saturated heterocycles. The fraction of sp³-hybridized carbons (Fsp3) is 0.615. The van der Waals surface area contributed by atoms with E-state index >= 15 is 0 Å². The molecule has 1 aliphatic rings. The van der Waals surface area contributed by atoms with Gasteiger partial charge >= 0.3 is 0 Å². The molecule has 1 N–H and O–H groups in total. The summed E-state index contributed by atoms with van der Waals surface area (Å²) in [6.07, 6.45) is 5.12. The highest BCUT2D eigenvalue weighted by Crippen LogP contribution is 2.22. The monoisotopic (exact) mass is 220 g/mol. The lowest BCUT2D eigenvalue weighted by Crippen LogP contribution is -2.33. The first-order valence-electron chi connectivity index (χ1n) is 6.14. The maximum atomic E-state index is 9.10. The highest BCUT2D eigenvalue weighted by molar-refractivity contribution is 5.40. The molecular formula is C13H20N2O. The van der Waals surface area contributed by atoms with Crippen LogP contribution in [0.1, 0.15) is 38.3 Å². The van der Waals surface area contributed by atoms with Gasteiger partial charge in [0.2, 0.25) is 0 Å². The second-order valence-corrected chi connectivity index (χ2v) is 4.54. The van der Waals surface area contributed by atoms with E-state index in [0.29, 0.717) is 6.04 Å². The molecule has 2 rings (SSSR count). The second-order valence-electron chi connectivity index (χ2n) is 4.54. The molecule has 0 amide bonds. The Hall–Kier alpha value is -1.09. The van der Waals surface area contributed by atoms with Crippen LogP contribution in [0.5, 0.6) is 0 Å². The molecule has 0 bridgehead atoms. The van der Waals surface area contributed by atoms with E-state index in [1.807, 2.05) is 18.2 Å². The standard InChI is InChI=1S/C13H20N2O/c1-11-6-3-2-4-9-15(11)13-8-5-7-12(10-16)14-13/h5,7-8,11,16H,2-4,6,9-10H2,1H3. The molecule has 1 unspecified atom stereocenters. The number of anilines is 1. The maximum absolute atomic E-state index is 9.10. The number of aliphatic hydroxyl groups excluding tert-OH is 1. The van der Waals surface area contributed by atoms with Crippen molar-refractivity contribution in [2.24, 2.45) is 0 Å². The minimum absolute atomic E-state index is 0.0239. The zero-order chi connectivity index (χ0) is 11.4. The van der Waals surface area contributed by atoms with Gasteiger partial charge in [0.05, 0.1) is 12.3 Å². The molecule has 1 atom stereocenters. The average Bonchev–Trinajstić information content (AvgIpc) is 2.54. The van der Waals surface area contributed by atoms with Gasteiger partial charge in [-0.3, -0.25) is 0 Å². The van der Waals surface area contributed by atoms with Crippen LogP contribution in [-0.4, -0.2) is 22.7 Å². The van der Waals surface area contributed by atoms with Gasteiger partial charge in [-0.25, -0.2) is 4.98 Å². The van der Waals surface area contributed by atoms with Crippen molar-refractivity contribution in [1.82, 2.24) is 4.98 Å². The summed E-state index contributed by atoms with van der Waals surface area (Å²) in [6, 6.07) is 6.45. The average molecular weight is 220 g/mol. The van der Waals surface area contributed by atoms with Crippen molar-refractivity contribution in [1.29, 1.82) is 0 Å². The number of hydrogen-bond donors (Lipinski definition) is 1. The van der Waals surface area contributed by atoms with Crippen LogP contribution < -0.4 is 4.90 Å². The quantitative estimate of drug-likeness (QED) is 0.831. The summed E-state index contributed by atoms with van der Waals surface area (Å²) < 4.78 is 0. The normalized spacial score (nSPS) is 21.9. The molecule has 16 heavy (non-hydrogen) atoms. The van der Waals surface area contributed by atoms with E-state index in [1.54, 1.807) is 0 Å². The number of aliphatic hydroxyl groups is 1. The zero-order valence-electron chi connectivity index (χ0n) is 9.89. The van der Waals surface area contributed by atoms with E-state index < -0.39 is 0 Å². The van der Waals surface area contributed by atoms with Gasteiger partial charge in [0.15, 0.2) is 0 Å². The van der Waals surface area contributed by atoms with Crippen molar-refractivity contribution in [2.75, 3.05) is 11.4 Å². The molecule has 1 aromatic rings. The largest absolute Gasteiger partial charge is 0.390 e. The summed E-state index contributed by atoms with van der Waals surface area (Å²) in [7, 11) is 0. The lowest BCUT2D eigenvalue weighted by Gasteiger charge is -2.28. The minimum Gasteiger partial charge on any atom is -0.390 e. The van der Waals surface area contributed by atoms with Gasteiger partial charge in [-0.2, -0.15) is 0 Å². The van der Waals surface area contributed by atoms with Gasteiger partial charge in [-0.05, 0) is 31.9 Å². The smallest absolute Gasteiger partial charge is 0.129 e. The predicted molar refractivity (Wildman–Crippen MR) is 65.4 cm³/mol. The Balaban J connectivity index is 2.19. The fourth-order valence-corrected chi connectivity index (χ4v) is 2.33. The molecule has 1 aromatic heterocycles. The Kier molecular flexibility index (Phi) is 3.78. The van der Waals surface area contributed by atoms with Gasteiger partial charge in [-0.1, -0.05) is 18.9 Å². The van der Waals surface area contributed by atoms with Gasteiger partial charge in [0, 0.05) is 12.6 Å². The highest BCUT2D eigenvalue weighted by atomic mass is 16.3. The van der Waals surface area contributed by atoms with Gasteiger partial charge in [0.25, 0.3) is 0 Å². The zero-order valence-corrected chi connectivity index (χ0v) is 9.89. The predicted octanol–water partition coefficient (Wildman–Crippen LogP) is 2.34. The number of nitrogens with zero attached hydrogens (tertiary/aromatic N) is 2. The Morgan fingerprint density at radius 1 is 1.38 bits per heavy atom. The third-order valence-corrected chi connectivity index (χ3v) is 3.30. The van der Waals surface area contributed by atoms with E-state index in [-0.39, 0.29) is 6.61 Å². The molecule has 1 aliphatic heterocycles. The van der Waals surface area contributed by atoms with Crippen LogP contribution in [0.15, 0.2) is 18.2 Å². The first kappa shape index (κ1) is 11.4. The Bertz CT molecular complexity index is 340. The van der Waals surface area contributed by atoms with Crippen molar-refractivity contribution in [3.05, 3.63) is 23.9 Å². The Morgan fingerprint density at radius 2 is 2.25 bits per heavy atom. The summed E-state index contributed by atoms with van der Waals surface area (Å²) in [5, 5.41) is 9.10. The summed E-state index contributed by atoms with van der Waals surface area (Å²) in [5.41, 5.74) is 0.758. The van der Waals surface area contributed by atoms with E-state index in [0.717, 1.165) is 18.1 Å². The summed E-state index contributed by atoms with van der Waals surface area (Å²) in [6.45, 7) is 3.37. The van der Waals surface area contributed by atoms with E-state index in [1.165, 1.54) is 25.7 Å². The van der Waals surface area contributed by atoms with E-state index in [2.05, 4.69) is 16.8 Å². The number of pyridine rings is 1. The fourth-order valence-electron chi connectivity index (χ4n) is 2.33. The topological polar surface area (TPSA) is 36.4 Å². The lowest BCUT2D eigenvalue weighted by molar-refractivity contribution is 0.277. The van der Waals surface area contributed by atoms with Crippen molar-refractivity contribution in [2.45, 2.75) is 45.3 Å². The first-order valence-corrected chi connectivity index (χ1v) is 6.14. The molecule has 3 heteroatoms. The molecule has 3 nitrogen and oxygen atoms in total. The van der Waals surface area contributed by atoms with Crippen LogP contribution in [0.4, 0.5) is 5.82 Å². The van der Waals surface area contributed by atoms with Crippen LogP contribution in [-0.2, 0) is 6.61 Å². The van der Waals surface area contributed by atoms with E-state index in [4.69, 9.17) is 5.11 Å². The number of rotatable bonds is 2. The SMILES string of the molecule is CC1CCCCCN1c1cccc(CO)n1. The van der Waals surface area contributed by atoms with Crippen molar-refractivity contribution < 1.29 is 5.11 Å². The van der Waals surface area contributed by atoms with Crippen LogP contribution >= 0.6 is 0 Å². The second kappa shape index (κ2) is 5.30. The molecule has 2 heterocycles. The molecule has 1 fully saturated rings. The van der Waals surface area contributed by atoms with Crippen molar-refractivity contribution in [3.8, 4) is 0 Å². The van der Waals surface area contributed by atoms with Gasteiger partial charge < -0.3 is 10.0 Å². The Labute approximate surface area is 97.1 Å². The molecule has 0 radical (unpaired) electrons. The van der Waals surface area contributed by atoms with Crippen LogP contribution in [0, 0.1) is 0 Å². The number of hydrogen-bond acceptors (Lipinski definition) is 3. The first-order chi connectivity index (χ1) is 7.81. The van der Waals surface area contributed by atoms with Crippen LogP contribution in [0.2, 0.25) is 0 Å². The van der Waals surface area contributed by atoms with E-state index in [9.17, 15) is 0 Å². The van der Waals surface area contributed by atoms with Crippen molar-refractivity contribution >= 4 is 5.82 Å². The summed E-state index contributed by atoms with van der Waals surface area (Å²) in [4.78, 5) is 6.85. The minimum atomic E-state index is 0.0239. The van der Waals surface area contributed by atoms with Gasteiger partial charge in [-0.15, -0.1) is 0 Å². The molecule has 0 spiro atoms. The molecule has 88 valence electrons. The summed E-state index contributed by atoms with van der Waals surface area (Å²) in [5.74, 6) is 1.01. The lowest BCUT2D eigenvalue weighted by atomic mass is 10.1.